The molecule has 1 aliphatic rings. The maximum Gasteiger partial charge on any atom is 0.227 e. The van der Waals surface area contributed by atoms with Gasteiger partial charge in [-0.1, -0.05) is 11.2 Å². The Morgan fingerprint density at radius 3 is 3.10 bits per heavy atom. The van der Waals surface area contributed by atoms with Crippen molar-refractivity contribution in [2.75, 3.05) is 11.9 Å². The highest BCUT2D eigenvalue weighted by Gasteiger charge is 2.21. The number of anilines is 1. The highest BCUT2D eigenvalue weighted by Crippen LogP contribution is 2.28. The van der Waals surface area contributed by atoms with Gasteiger partial charge in [0.2, 0.25) is 17.6 Å². The van der Waals surface area contributed by atoms with Gasteiger partial charge in [0.25, 0.3) is 0 Å². The van der Waals surface area contributed by atoms with Gasteiger partial charge in [-0.15, -0.1) is 11.3 Å². The van der Waals surface area contributed by atoms with Crippen molar-refractivity contribution >= 4 is 34.0 Å². The lowest BCUT2D eigenvalue weighted by Crippen LogP contribution is -2.12. The van der Waals surface area contributed by atoms with Crippen molar-refractivity contribution in [2.24, 2.45) is 0 Å². The number of carbonyl (C=O) groups is 1. The fraction of sp³-hybridized carbons (Fsp3) is 0.300. The number of thiophene rings is 1. The van der Waals surface area contributed by atoms with Crippen molar-refractivity contribution in [3.8, 4) is 10.7 Å². The Bertz CT molecular complexity index is 1130. The van der Waals surface area contributed by atoms with E-state index in [0.29, 0.717) is 18.1 Å². The van der Waals surface area contributed by atoms with Crippen molar-refractivity contribution in [1.29, 1.82) is 0 Å². The van der Waals surface area contributed by atoms with E-state index in [4.69, 9.17) is 9.26 Å². The van der Waals surface area contributed by atoms with Crippen molar-refractivity contribution in [3.63, 3.8) is 0 Å². The number of aromatic amines is 1. The lowest BCUT2D eigenvalue weighted by Gasteiger charge is -2.04. The topological polar surface area (TPSA) is 106 Å². The summed E-state index contributed by atoms with van der Waals surface area (Å²) in [6.45, 7) is 0.776. The number of imidazole rings is 1. The van der Waals surface area contributed by atoms with Crippen molar-refractivity contribution in [2.45, 2.75) is 31.8 Å². The molecule has 4 heterocycles. The van der Waals surface area contributed by atoms with Gasteiger partial charge in [-0.05, 0) is 42.5 Å². The Kier molecular flexibility index (Phi) is 4.82. The maximum atomic E-state index is 12.3. The van der Waals surface area contributed by atoms with Crippen LogP contribution in [0.2, 0.25) is 0 Å². The first-order valence-corrected chi connectivity index (χ1v) is 10.4. The van der Waals surface area contributed by atoms with Crippen LogP contribution >= 0.6 is 11.3 Å². The summed E-state index contributed by atoms with van der Waals surface area (Å²) in [6.07, 6.45) is 2.72. The number of aromatic nitrogens is 4. The van der Waals surface area contributed by atoms with Gasteiger partial charge in [-0.2, -0.15) is 4.98 Å². The monoisotopic (exact) mass is 409 g/mol. The van der Waals surface area contributed by atoms with E-state index in [2.05, 4.69) is 25.4 Å². The van der Waals surface area contributed by atoms with Crippen molar-refractivity contribution < 1.29 is 14.1 Å². The van der Waals surface area contributed by atoms with Gasteiger partial charge in [-0.3, -0.25) is 4.79 Å². The second-order valence-corrected chi connectivity index (χ2v) is 7.84. The van der Waals surface area contributed by atoms with Gasteiger partial charge in [0, 0.05) is 25.1 Å². The van der Waals surface area contributed by atoms with E-state index in [1.807, 2.05) is 35.7 Å². The molecule has 8 nitrogen and oxygen atoms in total. The summed E-state index contributed by atoms with van der Waals surface area (Å²) in [5, 5.41) is 8.83. The fourth-order valence-corrected chi connectivity index (χ4v) is 4.01. The molecule has 1 unspecified atom stereocenters. The minimum Gasteiger partial charge on any atom is -0.370 e. The first-order chi connectivity index (χ1) is 14.2. The van der Waals surface area contributed by atoms with Crippen LogP contribution in [0.5, 0.6) is 0 Å². The molecule has 5 rings (SSSR count). The average molecular weight is 409 g/mol. The predicted molar refractivity (Wildman–Crippen MR) is 109 cm³/mol. The number of benzene rings is 1. The molecule has 148 valence electrons. The maximum absolute atomic E-state index is 12.3. The third-order valence-corrected chi connectivity index (χ3v) is 5.66. The van der Waals surface area contributed by atoms with Gasteiger partial charge >= 0.3 is 0 Å². The molecule has 1 saturated heterocycles. The lowest BCUT2D eigenvalue weighted by molar-refractivity contribution is -0.116. The summed E-state index contributed by atoms with van der Waals surface area (Å²) in [5.74, 6) is 1.74. The molecular weight excluding hydrogens is 390 g/mol. The molecule has 0 aliphatic carbocycles. The zero-order valence-corrected chi connectivity index (χ0v) is 16.4. The predicted octanol–water partition coefficient (Wildman–Crippen LogP) is 4.10. The number of hydrogen-bond donors (Lipinski definition) is 2. The SMILES string of the molecule is O=C(CCc1nc(-c2cccs2)no1)Nc1ccc2nc(C3CCCO3)[nH]c2c1. The van der Waals surface area contributed by atoms with Crippen LogP contribution in [0.1, 0.15) is 37.1 Å². The van der Waals surface area contributed by atoms with Gasteiger partial charge in [0.05, 0.1) is 15.9 Å². The van der Waals surface area contributed by atoms with Crippen LogP contribution in [0.15, 0.2) is 40.2 Å². The van der Waals surface area contributed by atoms with E-state index < -0.39 is 0 Å². The van der Waals surface area contributed by atoms with Crippen LogP contribution in [0.25, 0.3) is 21.7 Å². The molecule has 0 spiro atoms. The normalized spacial score (nSPS) is 16.5. The first-order valence-electron chi connectivity index (χ1n) is 9.52. The zero-order valence-electron chi connectivity index (χ0n) is 15.6. The Morgan fingerprint density at radius 2 is 2.28 bits per heavy atom. The zero-order chi connectivity index (χ0) is 19.6. The van der Waals surface area contributed by atoms with Gasteiger partial charge in [0.15, 0.2) is 0 Å². The molecule has 1 amide bonds. The minimum atomic E-state index is -0.112. The third-order valence-electron chi connectivity index (χ3n) is 4.79. The molecule has 1 fully saturated rings. The second kappa shape index (κ2) is 7.76. The summed E-state index contributed by atoms with van der Waals surface area (Å²) in [5.41, 5.74) is 2.46. The van der Waals surface area contributed by atoms with Crippen LogP contribution in [0.3, 0.4) is 0 Å². The minimum absolute atomic E-state index is 0.0360. The van der Waals surface area contributed by atoms with Gasteiger partial charge in [0.1, 0.15) is 11.9 Å². The number of nitrogens with one attached hydrogen (secondary N) is 2. The van der Waals surface area contributed by atoms with Crippen LogP contribution in [-0.2, 0) is 16.0 Å². The number of hydrogen-bond acceptors (Lipinski definition) is 7. The molecular formula is C20H19N5O3S. The van der Waals surface area contributed by atoms with Crippen LogP contribution < -0.4 is 5.32 Å². The highest BCUT2D eigenvalue weighted by molar-refractivity contribution is 7.13. The van der Waals surface area contributed by atoms with Crippen LogP contribution in [0.4, 0.5) is 5.69 Å². The Balaban J connectivity index is 1.20. The molecule has 1 aliphatic heterocycles. The molecule has 4 aromatic rings. The van der Waals surface area contributed by atoms with Gasteiger partial charge < -0.3 is 19.6 Å². The van der Waals surface area contributed by atoms with Crippen LogP contribution in [-0.4, -0.2) is 32.6 Å². The molecule has 9 heteroatoms. The molecule has 2 N–H and O–H groups in total. The number of H-pyrrole nitrogens is 1. The molecule has 0 bridgehead atoms. The number of fused-ring (bicyclic) bond motifs is 1. The number of nitrogens with zero attached hydrogens (tertiary/aromatic N) is 3. The molecule has 29 heavy (non-hydrogen) atoms. The summed E-state index contributed by atoms with van der Waals surface area (Å²) >= 11 is 1.55. The van der Waals surface area contributed by atoms with Crippen LogP contribution in [0, 0.1) is 0 Å². The highest BCUT2D eigenvalue weighted by atomic mass is 32.1. The first kappa shape index (κ1) is 18.0. The van der Waals surface area contributed by atoms with E-state index in [9.17, 15) is 4.79 Å². The summed E-state index contributed by atoms with van der Waals surface area (Å²) in [7, 11) is 0. The molecule has 0 saturated carbocycles. The Hall–Kier alpha value is -3.04. The number of ether oxygens (including phenoxy) is 1. The smallest absolute Gasteiger partial charge is 0.227 e. The van der Waals surface area contributed by atoms with Crippen molar-refractivity contribution in [1.82, 2.24) is 20.1 Å². The van der Waals surface area contributed by atoms with E-state index in [1.54, 1.807) is 11.3 Å². The third kappa shape index (κ3) is 3.92. The quantitative estimate of drug-likeness (QED) is 0.497. The lowest BCUT2D eigenvalue weighted by atomic mass is 10.2. The summed E-state index contributed by atoms with van der Waals surface area (Å²) in [6, 6.07) is 9.50. The van der Waals surface area contributed by atoms with Crippen molar-refractivity contribution in [3.05, 3.63) is 47.4 Å². The van der Waals surface area contributed by atoms with E-state index in [-0.39, 0.29) is 18.4 Å². The van der Waals surface area contributed by atoms with E-state index in [0.717, 1.165) is 46.9 Å². The number of aryl methyl sites for hydroxylation is 1. The average Bonchev–Trinajstić information content (AvgIpc) is 3.52. The largest absolute Gasteiger partial charge is 0.370 e. The molecule has 1 aromatic carbocycles. The summed E-state index contributed by atoms with van der Waals surface area (Å²) in [4.78, 5) is 25.5. The molecule has 3 aromatic heterocycles. The standard InChI is InChI=1S/C20H19N5O3S/c26-17(7-8-18-24-20(25-28-18)16-4-2-10-29-16)21-12-5-6-13-14(11-12)23-19(22-13)15-3-1-9-27-15/h2,4-6,10-11,15H,1,3,7-9H2,(H,21,26)(H,22,23). The second-order valence-electron chi connectivity index (χ2n) is 6.89. The Labute approximate surface area is 170 Å². The van der Waals surface area contributed by atoms with Gasteiger partial charge in [-0.25, -0.2) is 4.98 Å². The summed E-state index contributed by atoms with van der Waals surface area (Å²) < 4.78 is 10.9. The number of carbonyl (C=O) groups excluding carboxylic acids is 1. The fourth-order valence-electron chi connectivity index (χ4n) is 3.36. The number of rotatable bonds is 6. The van der Waals surface area contributed by atoms with E-state index in [1.165, 1.54) is 0 Å². The Morgan fingerprint density at radius 1 is 1.31 bits per heavy atom. The molecule has 1 atom stereocenters. The van der Waals surface area contributed by atoms with E-state index >= 15 is 0 Å². The number of amides is 1. The molecule has 0 radical (unpaired) electrons.